The second-order valence-electron chi connectivity index (χ2n) is 4.69. The number of nitrogens with zero attached hydrogens (tertiary/aromatic N) is 2. The molecule has 0 aliphatic carbocycles. The van der Waals surface area contributed by atoms with Gasteiger partial charge in [-0.3, -0.25) is 4.68 Å². The summed E-state index contributed by atoms with van der Waals surface area (Å²) in [4.78, 5) is 0. The highest BCUT2D eigenvalue weighted by molar-refractivity contribution is 5.26. The predicted molar refractivity (Wildman–Crippen MR) is 74.3 cm³/mol. The maximum atomic E-state index is 9.97. The van der Waals surface area contributed by atoms with Gasteiger partial charge in [-0.05, 0) is 26.7 Å². The lowest BCUT2D eigenvalue weighted by Gasteiger charge is -2.09. The van der Waals surface area contributed by atoms with Crippen molar-refractivity contribution in [2.75, 3.05) is 26.9 Å². The van der Waals surface area contributed by atoms with Gasteiger partial charge in [0.2, 0.25) is 0 Å². The Balaban J connectivity index is 2.46. The van der Waals surface area contributed by atoms with Crippen LogP contribution in [0.5, 0.6) is 0 Å². The molecule has 1 unspecified atom stereocenters. The van der Waals surface area contributed by atoms with E-state index < -0.39 is 6.10 Å². The molecule has 0 fully saturated rings. The highest BCUT2D eigenvalue weighted by Gasteiger charge is 2.17. The second-order valence-corrected chi connectivity index (χ2v) is 4.69. The molecule has 0 bridgehead atoms. The van der Waals surface area contributed by atoms with Gasteiger partial charge in [0.25, 0.3) is 0 Å². The second kappa shape index (κ2) is 8.30. The number of aromatic nitrogens is 2. The lowest BCUT2D eigenvalue weighted by Crippen LogP contribution is -2.11. The summed E-state index contributed by atoms with van der Waals surface area (Å²) in [7, 11) is 1.69. The summed E-state index contributed by atoms with van der Waals surface area (Å²) >= 11 is 0. The molecule has 0 saturated carbocycles. The number of hydrogen-bond acceptors (Lipinski definition) is 4. The van der Waals surface area contributed by atoms with Crippen LogP contribution in [0.2, 0.25) is 0 Å². The van der Waals surface area contributed by atoms with E-state index in [1.807, 2.05) is 25.5 Å². The fourth-order valence-electron chi connectivity index (χ4n) is 2.17. The van der Waals surface area contributed by atoms with Crippen LogP contribution in [0.3, 0.4) is 0 Å². The predicted octanol–water partition coefficient (Wildman–Crippen LogP) is 2.00. The van der Waals surface area contributed by atoms with Gasteiger partial charge in [-0.25, -0.2) is 0 Å². The summed E-state index contributed by atoms with van der Waals surface area (Å²) in [6.45, 7) is 8.70. The number of aliphatic hydroxyl groups excluding tert-OH is 1. The third kappa shape index (κ3) is 4.60. The summed E-state index contributed by atoms with van der Waals surface area (Å²) in [5.41, 5.74) is 2.90. The lowest BCUT2D eigenvalue weighted by molar-refractivity contribution is 0.0957. The van der Waals surface area contributed by atoms with Gasteiger partial charge in [-0.1, -0.05) is 6.92 Å². The largest absolute Gasteiger partial charge is 0.388 e. The molecule has 110 valence electrons. The van der Waals surface area contributed by atoms with E-state index in [2.05, 4.69) is 5.10 Å². The smallest absolute Gasteiger partial charge is 0.0823 e. The van der Waals surface area contributed by atoms with Gasteiger partial charge in [0.1, 0.15) is 0 Å². The molecule has 0 aliphatic rings. The van der Waals surface area contributed by atoms with Crippen molar-refractivity contribution in [2.24, 2.45) is 0 Å². The Bertz CT molecular complexity index is 377. The molecule has 0 aromatic carbocycles. The maximum Gasteiger partial charge on any atom is 0.0823 e. The Kier molecular flexibility index (Phi) is 7.05. The molecule has 5 heteroatoms. The minimum atomic E-state index is -0.420. The zero-order valence-corrected chi connectivity index (χ0v) is 12.5. The van der Waals surface area contributed by atoms with Crippen LogP contribution in [0.4, 0.5) is 0 Å². The average Bonchev–Trinajstić information content (AvgIpc) is 2.68. The SMILES string of the molecule is CCC(O)c1c(C)nn(CCOCCCOC)c1C. The molecule has 5 nitrogen and oxygen atoms in total. The van der Waals surface area contributed by atoms with Crippen LogP contribution in [0.1, 0.15) is 42.8 Å². The first-order chi connectivity index (χ1) is 9.11. The Morgan fingerprint density at radius 2 is 2.00 bits per heavy atom. The van der Waals surface area contributed by atoms with Gasteiger partial charge in [-0.2, -0.15) is 5.10 Å². The third-order valence-electron chi connectivity index (χ3n) is 3.24. The molecule has 19 heavy (non-hydrogen) atoms. The minimum Gasteiger partial charge on any atom is -0.388 e. The van der Waals surface area contributed by atoms with Crippen LogP contribution in [-0.4, -0.2) is 41.8 Å². The van der Waals surface area contributed by atoms with Crippen molar-refractivity contribution in [3.8, 4) is 0 Å². The fraction of sp³-hybridized carbons (Fsp3) is 0.786. The van der Waals surface area contributed by atoms with Gasteiger partial charge in [0.05, 0.1) is 24.9 Å². The van der Waals surface area contributed by atoms with Crippen molar-refractivity contribution in [2.45, 2.75) is 46.3 Å². The van der Waals surface area contributed by atoms with Crippen molar-refractivity contribution in [1.82, 2.24) is 9.78 Å². The lowest BCUT2D eigenvalue weighted by atomic mass is 10.1. The van der Waals surface area contributed by atoms with E-state index in [1.165, 1.54) is 0 Å². The Morgan fingerprint density at radius 1 is 1.26 bits per heavy atom. The van der Waals surface area contributed by atoms with Gasteiger partial charge in [0.15, 0.2) is 0 Å². The summed E-state index contributed by atoms with van der Waals surface area (Å²) in [6, 6.07) is 0. The van der Waals surface area contributed by atoms with Crippen LogP contribution in [0, 0.1) is 13.8 Å². The molecule has 1 aromatic heterocycles. The molecular formula is C14H26N2O3. The number of rotatable bonds is 9. The Morgan fingerprint density at radius 3 is 2.63 bits per heavy atom. The number of ether oxygens (including phenoxy) is 2. The maximum absolute atomic E-state index is 9.97. The highest BCUT2D eigenvalue weighted by Crippen LogP contribution is 2.23. The number of aryl methyl sites for hydroxylation is 1. The molecule has 1 heterocycles. The van der Waals surface area contributed by atoms with E-state index in [0.29, 0.717) is 19.6 Å². The summed E-state index contributed by atoms with van der Waals surface area (Å²) in [6.07, 6.45) is 1.20. The van der Waals surface area contributed by atoms with E-state index in [0.717, 1.165) is 36.5 Å². The quantitative estimate of drug-likeness (QED) is 0.697. The molecule has 0 aliphatic heterocycles. The monoisotopic (exact) mass is 270 g/mol. The molecule has 1 atom stereocenters. The first-order valence-corrected chi connectivity index (χ1v) is 6.90. The molecule has 0 spiro atoms. The van der Waals surface area contributed by atoms with Crippen LogP contribution >= 0.6 is 0 Å². The highest BCUT2D eigenvalue weighted by atomic mass is 16.5. The van der Waals surface area contributed by atoms with E-state index in [1.54, 1.807) is 7.11 Å². The molecule has 0 radical (unpaired) electrons. The van der Waals surface area contributed by atoms with E-state index in [-0.39, 0.29) is 0 Å². The molecular weight excluding hydrogens is 244 g/mol. The number of hydrogen-bond donors (Lipinski definition) is 1. The molecule has 0 amide bonds. The van der Waals surface area contributed by atoms with Gasteiger partial charge in [0, 0.05) is 31.6 Å². The summed E-state index contributed by atoms with van der Waals surface area (Å²) < 4.78 is 12.4. The summed E-state index contributed by atoms with van der Waals surface area (Å²) in [5.74, 6) is 0. The Hall–Kier alpha value is -0.910. The van der Waals surface area contributed by atoms with Gasteiger partial charge < -0.3 is 14.6 Å². The van der Waals surface area contributed by atoms with Crippen LogP contribution in [0.15, 0.2) is 0 Å². The minimum absolute atomic E-state index is 0.420. The summed E-state index contributed by atoms with van der Waals surface area (Å²) in [5, 5.41) is 14.4. The zero-order chi connectivity index (χ0) is 14.3. The van der Waals surface area contributed by atoms with E-state index in [9.17, 15) is 5.11 Å². The number of methoxy groups -OCH3 is 1. The van der Waals surface area contributed by atoms with E-state index >= 15 is 0 Å². The first-order valence-electron chi connectivity index (χ1n) is 6.90. The van der Waals surface area contributed by atoms with Crippen molar-refractivity contribution in [1.29, 1.82) is 0 Å². The van der Waals surface area contributed by atoms with Crippen molar-refractivity contribution in [3.05, 3.63) is 17.0 Å². The van der Waals surface area contributed by atoms with Crippen LogP contribution < -0.4 is 0 Å². The molecule has 1 rings (SSSR count). The topological polar surface area (TPSA) is 56.5 Å². The van der Waals surface area contributed by atoms with Crippen LogP contribution in [0.25, 0.3) is 0 Å². The fourth-order valence-corrected chi connectivity index (χ4v) is 2.17. The normalized spacial score (nSPS) is 12.9. The zero-order valence-electron chi connectivity index (χ0n) is 12.5. The van der Waals surface area contributed by atoms with E-state index in [4.69, 9.17) is 9.47 Å². The number of aliphatic hydroxyl groups is 1. The first kappa shape index (κ1) is 16.1. The average molecular weight is 270 g/mol. The van der Waals surface area contributed by atoms with Gasteiger partial charge in [-0.15, -0.1) is 0 Å². The molecule has 0 saturated heterocycles. The third-order valence-corrected chi connectivity index (χ3v) is 3.24. The van der Waals surface area contributed by atoms with Gasteiger partial charge >= 0.3 is 0 Å². The molecule has 1 N–H and O–H groups in total. The standard InChI is InChI=1S/C14H26N2O3/c1-5-13(17)14-11(2)15-16(12(14)3)7-10-19-9-6-8-18-4/h13,17H,5-10H2,1-4H3. The van der Waals surface area contributed by atoms with Crippen molar-refractivity contribution in [3.63, 3.8) is 0 Å². The van der Waals surface area contributed by atoms with Crippen molar-refractivity contribution < 1.29 is 14.6 Å². The van der Waals surface area contributed by atoms with Crippen LogP contribution in [-0.2, 0) is 16.0 Å². The Labute approximate surface area is 115 Å². The molecule has 1 aromatic rings. The van der Waals surface area contributed by atoms with Crippen molar-refractivity contribution >= 4 is 0 Å².